The average molecular weight is 207 g/mol. The van der Waals surface area contributed by atoms with Crippen molar-refractivity contribution in [2.75, 3.05) is 17.3 Å². The van der Waals surface area contributed by atoms with Gasteiger partial charge < -0.3 is 15.8 Å². The summed E-state index contributed by atoms with van der Waals surface area (Å²) >= 11 is 0. The van der Waals surface area contributed by atoms with E-state index in [0.29, 0.717) is 17.2 Å². The molecule has 1 fully saturated rings. The lowest BCUT2D eigenvalue weighted by Crippen LogP contribution is -2.33. The van der Waals surface area contributed by atoms with Gasteiger partial charge in [0.25, 0.3) is 0 Å². The highest BCUT2D eigenvalue weighted by Crippen LogP contribution is 2.34. The Morgan fingerprint density at radius 3 is 2.73 bits per heavy atom. The molecule has 4 nitrogen and oxygen atoms in total. The summed E-state index contributed by atoms with van der Waals surface area (Å²) in [6.45, 7) is 2.63. The molecule has 0 atom stereocenters. The minimum Gasteiger partial charge on any atom is -0.508 e. The summed E-state index contributed by atoms with van der Waals surface area (Å²) in [4.78, 5) is 0. The first-order valence-corrected chi connectivity index (χ1v) is 5.20. The van der Waals surface area contributed by atoms with Crippen molar-refractivity contribution in [3.8, 4) is 5.75 Å². The van der Waals surface area contributed by atoms with Gasteiger partial charge in [0.2, 0.25) is 0 Å². The SMILES string of the molecule is Cc1c(O)ccc(N(N)CC2CC2)c1N. The molecule has 0 aromatic heterocycles. The standard InChI is InChI=1S/C11H17N3O/c1-7-10(15)5-4-9(11(7)12)14(13)6-8-2-3-8/h4-5,8,15H,2-3,6,12-13H2,1H3. The number of nitrogen functional groups attached to an aromatic ring is 1. The zero-order chi connectivity index (χ0) is 11.0. The fourth-order valence-corrected chi connectivity index (χ4v) is 1.63. The maximum absolute atomic E-state index is 9.46. The Morgan fingerprint density at radius 2 is 2.13 bits per heavy atom. The highest BCUT2D eigenvalue weighted by molar-refractivity contribution is 5.73. The van der Waals surface area contributed by atoms with Gasteiger partial charge in [-0.15, -0.1) is 0 Å². The monoisotopic (exact) mass is 207 g/mol. The van der Waals surface area contributed by atoms with Crippen LogP contribution in [0.2, 0.25) is 0 Å². The molecule has 1 aliphatic carbocycles. The van der Waals surface area contributed by atoms with Crippen LogP contribution in [0.1, 0.15) is 18.4 Å². The van der Waals surface area contributed by atoms with Crippen LogP contribution in [-0.2, 0) is 0 Å². The smallest absolute Gasteiger partial charge is 0.120 e. The molecule has 1 saturated carbocycles. The first-order chi connectivity index (χ1) is 7.09. The quantitative estimate of drug-likeness (QED) is 0.397. The second-order valence-corrected chi connectivity index (χ2v) is 4.24. The van der Waals surface area contributed by atoms with Crippen LogP contribution < -0.4 is 16.6 Å². The van der Waals surface area contributed by atoms with E-state index in [1.807, 2.05) is 0 Å². The van der Waals surface area contributed by atoms with E-state index >= 15 is 0 Å². The third-order valence-corrected chi connectivity index (χ3v) is 2.92. The number of aromatic hydroxyl groups is 1. The van der Waals surface area contributed by atoms with Gasteiger partial charge >= 0.3 is 0 Å². The number of nitrogens with zero attached hydrogens (tertiary/aromatic N) is 1. The summed E-state index contributed by atoms with van der Waals surface area (Å²) in [5.74, 6) is 6.86. The highest BCUT2D eigenvalue weighted by Gasteiger charge is 2.24. The van der Waals surface area contributed by atoms with E-state index in [2.05, 4.69) is 0 Å². The number of rotatable bonds is 3. The van der Waals surface area contributed by atoms with E-state index in [1.54, 1.807) is 24.1 Å². The fraction of sp³-hybridized carbons (Fsp3) is 0.455. The summed E-state index contributed by atoms with van der Waals surface area (Å²) < 4.78 is 0. The summed E-state index contributed by atoms with van der Waals surface area (Å²) in [5, 5.41) is 11.1. The number of anilines is 2. The lowest BCUT2D eigenvalue weighted by atomic mass is 10.1. The molecule has 0 heterocycles. The Balaban J connectivity index is 2.22. The van der Waals surface area contributed by atoms with Crippen LogP contribution in [0, 0.1) is 12.8 Å². The van der Waals surface area contributed by atoms with Crippen molar-refractivity contribution in [2.24, 2.45) is 11.8 Å². The number of phenolic OH excluding ortho intramolecular Hbond substituents is 1. The normalized spacial score (nSPS) is 15.3. The average Bonchev–Trinajstić information content (AvgIpc) is 2.98. The molecule has 0 radical (unpaired) electrons. The molecule has 5 N–H and O–H groups in total. The summed E-state index contributed by atoms with van der Waals surface area (Å²) in [5.41, 5.74) is 7.96. The van der Waals surface area contributed by atoms with Crippen LogP contribution in [0.5, 0.6) is 5.75 Å². The van der Waals surface area contributed by atoms with Gasteiger partial charge in [-0.05, 0) is 37.8 Å². The zero-order valence-electron chi connectivity index (χ0n) is 8.90. The summed E-state index contributed by atoms with van der Waals surface area (Å²) in [6, 6.07) is 3.40. The minimum absolute atomic E-state index is 0.219. The molecule has 0 amide bonds. The van der Waals surface area contributed by atoms with Crippen molar-refractivity contribution < 1.29 is 5.11 Å². The molecule has 1 aromatic carbocycles. The number of phenols is 1. The Hall–Kier alpha value is -1.42. The molecule has 4 heteroatoms. The Labute approximate surface area is 89.5 Å². The number of hydrazine groups is 1. The van der Waals surface area contributed by atoms with Crippen LogP contribution in [0.25, 0.3) is 0 Å². The molecular weight excluding hydrogens is 190 g/mol. The van der Waals surface area contributed by atoms with E-state index in [9.17, 15) is 5.11 Å². The summed E-state index contributed by atoms with van der Waals surface area (Å²) in [6.07, 6.45) is 2.51. The van der Waals surface area contributed by atoms with E-state index in [0.717, 1.165) is 12.2 Å². The number of hydrogen-bond acceptors (Lipinski definition) is 4. The molecule has 2 rings (SSSR count). The fourth-order valence-electron chi connectivity index (χ4n) is 1.63. The molecule has 0 aliphatic heterocycles. The van der Waals surface area contributed by atoms with Gasteiger partial charge in [-0.3, -0.25) is 0 Å². The van der Waals surface area contributed by atoms with Gasteiger partial charge in [-0.25, -0.2) is 5.84 Å². The Kier molecular flexibility index (Phi) is 2.44. The topological polar surface area (TPSA) is 75.5 Å². The van der Waals surface area contributed by atoms with E-state index in [1.165, 1.54) is 12.8 Å². The predicted molar refractivity (Wildman–Crippen MR) is 61.5 cm³/mol. The molecule has 82 valence electrons. The first-order valence-electron chi connectivity index (χ1n) is 5.20. The van der Waals surface area contributed by atoms with Crippen LogP contribution in [0.4, 0.5) is 11.4 Å². The van der Waals surface area contributed by atoms with Gasteiger partial charge in [-0.2, -0.15) is 0 Å². The lowest BCUT2D eigenvalue weighted by molar-refractivity contribution is 0.471. The van der Waals surface area contributed by atoms with Gasteiger partial charge in [-0.1, -0.05) is 0 Å². The molecule has 0 spiro atoms. The van der Waals surface area contributed by atoms with Gasteiger partial charge in [0.1, 0.15) is 5.75 Å². The molecular formula is C11H17N3O. The van der Waals surface area contributed by atoms with E-state index in [-0.39, 0.29) is 5.75 Å². The van der Waals surface area contributed by atoms with Crippen LogP contribution in [0.3, 0.4) is 0 Å². The minimum atomic E-state index is 0.219. The van der Waals surface area contributed by atoms with Crippen molar-refractivity contribution in [3.63, 3.8) is 0 Å². The van der Waals surface area contributed by atoms with Crippen LogP contribution in [-0.4, -0.2) is 11.7 Å². The van der Waals surface area contributed by atoms with Crippen molar-refractivity contribution in [1.29, 1.82) is 0 Å². The van der Waals surface area contributed by atoms with Crippen LogP contribution >= 0.6 is 0 Å². The molecule has 1 aliphatic rings. The van der Waals surface area contributed by atoms with Gasteiger partial charge in [0.05, 0.1) is 11.4 Å². The molecule has 1 aromatic rings. The third kappa shape index (κ3) is 1.99. The zero-order valence-corrected chi connectivity index (χ0v) is 8.90. The Bertz CT molecular complexity index is 374. The van der Waals surface area contributed by atoms with E-state index in [4.69, 9.17) is 11.6 Å². The third-order valence-electron chi connectivity index (χ3n) is 2.92. The molecule has 0 bridgehead atoms. The second-order valence-electron chi connectivity index (χ2n) is 4.24. The first kappa shape index (κ1) is 10.1. The van der Waals surface area contributed by atoms with Crippen molar-refractivity contribution >= 4 is 11.4 Å². The lowest BCUT2D eigenvalue weighted by Gasteiger charge is -2.21. The Morgan fingerprint density at radius 1 is 1.47 bits per heavy atom. The number of benzene rings is 1. The second kappa shape index (κ2) is 3.62. The number of nitrogens with two attached hydrogens (primary N) is 2. The number of hydrogen-bond donors (Lipinski definition) is 3. The van der Waals surface area contributed by atoms with Crippen molar-refractivity contribution in [2.45, 2.75) is 19.8 Å². The van der Waals surface area contributed by atoms with Gasteiger partial charge in [0.15, 0.2) is 0 Å². The maximum Gasteiger partial charge on any atom is 0.120 e. The molecule has 15 heavy (non-hydrogen) atoms. The van der Waals surface area contributed by atoms with Crippen molar-refractivity contribution in [3.05, 3.63) is 17.7 Å². The maximum atomic E-state index is 9.46. The van der Waals surface area contributed by atoms with Crippen molar-refractivity contribution in [1.82, 2.24) is 0 Å². The molecule has 0 unspecified atom stereocenters. The largest absolute Gasteiger partial charge is 0.508 e. The van der Waals surface area contributed by atoms with Gasteiger partial charge in [0, 0.05) is 12.1 Å². The predicted octanol–water partition coefficient (Wildman–Crippen LogP) is 1.37. The summed E-state index contributed by atoms with van der Waals surface area (Å²) in [7, 11) is 0. The van der Waals surface area contributed by atoms with Crippen LogP contribution in [0.15, 0.2) is 12.1 Å². The van der Waals surface area contributed by atoms with E-state index < -0.39 is 0 Å². The molecule has 0 saturated heterocycles. The highest BCUT2D eigenvalue weighted by atomic mass is 16.3.